The van der Waals surface area contributed by atoms with Gasteiger partial charge in [-0.15, -0.1) is 0 Å². The number of nitro groups is 1. The minimum Gasteiger partial charge on any atom is -0.618 e. The van der Waals surface area contributed by atoms with Crippen molar-refractivity contribution in [2.45, 2.75) is 0 Å². The van der Waals surface area contributed by atoms with Crippen LogP contribution in [0.25, 0.3) is 0 Å². The van der Waals surface area contributed by atoms with Crippen molar-refractivity contribution in [2.24, 2.45) is 0 Å². The summed E-state index contributed by atoms with van der Waals surface area (Å²) in [6.45, 7) is 0. The van der Waals surface area contributed by atoms with Gasteiger partial charge in [-0.1, -0.05) is 30.3 Å². The van der Waals surface area contributed by atoms with Crippen LogP contribution in [0.3, 0.4) is 0 Å². The second-order valence-electron chi connectivity index (χ2n) is 4.24. The Kier molecular flexibility index (Phi) is 4.47. The van der Waals surface area contributed by atoms with Crippen LogP contribution in [0, 0.1) is 15.3 Å². The third kappa shape index (κ3) is 2.93. The average molecular weight is 300 g/mol. The fourth-order valence-corrected chi connectivity index (χ4v) is 1.92. The summed E-state index contributed by atoms with van der Waals surface area (Å²) in [6.07, 6.45) is 0. The summed E-state index contributed by atoms with van der Waals surface area (Å²) in [6, 6.07) is 13.4. The number of para-hydroxylation sites is 2. The molecule has 2 rings (SSSR count). The van der Waals surface area contributed by atoms with Gasteiger partial charge in [-0.25, -0.2) is 4.79 Å². The Hall–Kier alpha value is -3.22. The van der Waals surface area contributed by atoms with Gasteiger partial charge >= 0.3 is 11.7 Å². The largest absolute Gasteiger partial charge is 0.618 e. The van der Waals surface area contributed by atoms with E-state index in [0.717, 1.165) is 7.11 Å². The minimum absolute atomic E-state index is 0.0989. The lowest BCUT2D eigenvalue weighted by Gasteiger charge is -2.09. The van der Waals surface area contributed by atoms with E-state index >= 15 is 0 Å². The van der Waals surface area contributed by atoms with Crippen molar-refractivity contribution < 1.29 is 19.2 Å². The van der Waals surface area contributed by atoms with Crippen LogP contribution in [0.15, 0.2) is 54.6 Å². The molecule has 112 valence electrons. The number of hydrogen-bond donors (Lipinski definition) is 0. The van der Waals surface area contributed by atoms with Gasteiger partial charge in [-0.2, -0.15) is 4.74 Å². The lowest BCUT2D eigenvalue weighted by Crippen LogP contribution is -2.25. The van der Waals surface area contributed by atoms with Crippen LogP contribution in [-0.4, -0.2) is 28.5 Å². The lowest BCUT2D eigenvalue weighted by atomic mass is 10.1. The number of esters is 1. The molecule has 7 nitrogen and oxygen atoms in total. The maximum Gasteiger partial charge on any atom is 0.405 e. The second kappa shape index (κ2) is 6.49. The second-order valence-corrected chi connectivity index (χ2v) is 4.24. The number of benzene rings is 2. The normalized spacial score (nSPS) is 11.5. The molecule has 0 spiro atoms. The van der Waals surface area contributed by atoms with E-state index < -0.39 is 16.6 Å². The fourth-order valence-electron chi connectivity index (χ4n) is 1.92. The molecule has 0 heterocycles. The molecule has 0 atom stereocenters. The van der Waals surface area contributed by atoms with Crippen LogP contribution in [0.4, 0.5) is 11.4 Å². The number of nitro benzene ring substituents is 1. The number of methoxy groups -OCH3 is 1. The lowest BCUT2D eigenvalue weighted by molar-refractivity contribution is -0.386. The summed E-state index contributed by atoms with van der Waals surface area (Å²) in [5.41, 5.74) is -0.722. The summed E-state index contributed by atoms with van der Waals surface area (Å²) in [5, 5.41) is 23.6. The molecule has 22 heavy (non-hydrogen) atoms. The molecule has 0 aliphatic heterocycles. The van der Waals surface area contributed by atoms with Gasteiger partial charge < -0.3 is 9.94 Å². The molecule has 0 aromatic heterocycles. The standard InChI is InChI=1S/C15H12N2O5/c1-22-15(18)14(16(19)11-7-3-2-4-8-11)12-9-5-6-10-13(12)17(20)21/h2-10H,1H3/b16-14-. The van der Waals surface area contributed by atoms with Crippen LogP contribution in [0.2, 0.25) is 0 Å². The Morgan fingerprint density at radius 2 is 1.59 bits per heavy atom. The molecular formula is C15H12N2O5. The van der Waals surface area contributed by atoms with E-state index in [-0.39, 0.29) is 16.9 Å². The number of rotatable bonds is 4. The van der Waals surface area contributed by atoms with Crippen LogP contribution in [0.5, 0.6) is 0 Å². The maximum atomic E-state index is 12.5. The molecule has 0 radical (unpaired) electrons. The Labute approximate surface area is 125 Å². The molecule has 0 bridgehead atoms. The number of ether oxygens (including phenoxy) is 1. The first-order valence-electron chi connectivity index (χ1n) is 6.27. The van der Waals surface area contributed by atoms with Crippen molar-refractivity contribution in [3.63, 3.8) is 0 Å². The molecule has 0 saturated heterocycles. The zero-order valence-corrected chi connectivity index (χ0v) is 11.6. The summed E-state index contributed by atoms with van der Waals surface area (Å²) >= 11 is 0. The quantitative estimate of drug-likeness (QED) is 0.216. The molecule has 0 N–H and O–H groups in total. The highest BCUT2D eigenvalue weighted by molar-refractivity contribution is 6.42. The number of carbonyl (C=O) groups is 1. The Morgan fingerprint density at radius 3 is 2.18 bits per heavy atom. The SMILES string of the molecule is COC(=O)/C(c1ccccc1[N+](=O)[O-])=[N+](\[O-])c1ccccc1. The highest BCUT2D eigenvalue weighted by atomic mass is 16.6. The van der Waals surface area contributed by atoms with E-state index in [2.05, 4.69) is 4.74 Å². The number of hydrogen-bond acceptors (Lipinski definition) is 5. The molecular weight excluding hydrogens is 288 g/mol. The first kappa shape index (κ1) is 15.2. The predicted molar refractivity (Wildman–Crippen MR) is 79.0 cm³/mol. The molecule has 0 aliphatic rings. The number of nitrogens with zero attached hydrogens (tertiary/aromatic N) is 2. The van der Waals surface area contributed by atoms with E-state index in [9.17, 15) is 20.1 Å². The Balaban J connectivity index is 2.73. The first-order chi connectivity index (χ1) is 10.6. The Bertz CT molecular complexity index is 741. The van der Waals surface area contributed by atoms with Gasteiger partial charge in [-0.05, 0) is 6.07 Å². The van der Waals surface area contributed by atoms with Crippen molar-refractivity contribution in [3.05, 3.63) is 75.5 Å². The van der Waals surface area contributed by atoms with E-state index in [1.807, 2.05) is 0 Å². The molecule has 0 unspecified atom stereocenters. The van der Waals surface area contributed by atoms with Crippen LogP contribution in [0.1, 0.15) is 5.56 Å². The van der Waals surface area contributed by atoms with E-state index in [1.165, 1.54) is 36.4 Å². The van der Waals surface area contributed by atoms with Gasteiger partial charge in [0.2, 0.25) is 5.69 Å². The molecule has 2 aromatic carbocycles. The van der Waals surface area contributed by atoms with E-state index in [4.69, 9.17) is 0 Å². The zero-order chi connectivity index (χ0) is 16.1. The van der Waals surface area contributed by atoms with Crippen molar-refractivity contribution in [1.29, 1.82) is 0 Å². The molecule has 0 amide bonds. The van der Waals surface area contributed by atoms with Gasteiger partial charge in [-0.3, -0.25) is 10.1 Å². The smallest absolute Gasteiger partial charge is 0.405 e. The Morgan fingerprint density at radius 1 is 1.00 bits per heavy atom. The van der Waals surface area contributed by atoms with Crippen molar-refractivity contribution in [3.8, 4) is 0 Å². The van der Waals surface area contributed by atoms with Crippen LogP contribution < -0.4 is 0 Å². The van der Waals surface area contributed by atoms with Crippen LogP contribution in [-0.2, 0) is 9.53 Å². The monoisotopic (exact) mass is 300 g/mol. The molecule has 0 saturated carbocycles. The summed E-state index contributed by atoms with van der Waals surface area (Å²) in [4.78, 5) is 22.4. The van der Waals surface area contributed by atoms with Gasteiger partial charge in [0, 0.05) is 18.2 Å². The minimum atomic E-state index is -0.951. The van der Waals surface area contributed by atoms with Crippen molar-refractivity contribution in [1.82, 2.24) is 0 Å². The molecule has 0 aliphatic carbocycles. The summed E-state index contributed by atoms with van der Waals surface area (Å²) in [7, 11) is 1.11. The highest BCUT2D eigenvalue weighted by Crippen LogP contribution is 2.21. The van der Waals surface area contributed by atoms with Crippen molar-refractivity contribution >= 4 is 23.1 Å². The predicted octanol–water partition coefficient (Wildman–Crippen LogP) is 2.40. The van der Waals surface area contributed by atoms with Gasteiger partial charge in [0.05, 0.1) is 12.0 Å². The van der Waals surface area contributed by atoms with Gasteiger partial charge in [0.15, 0.2) is 0 Å². The van der Waals surface area contributed by atoms with E-state index in [1.54, 1.807) is 18.2 Å². The molecule has 7 heteroatoms. The van der Waals surface area contributed by atoms with Gasteiger partial charge in [0.1, 0.15) is 5.56 Å². The highest BCUT2D eigenvalue weighted by Gasteiger charge is 2.31. The van der Waals surface area contributed by atoms with Crippen molar-refractivity contribution in [2.75, 3.05) is 7.11 Å². The van der Waals surface area contributed by atoms with Crippen LogP contribution >= 0.6 is 0 Å². The third-order valence-electron chi connectivity index (χ3n) is 2.93. The summed E-state index contributed by atoms with van der Waals surface area (Å²) < 4.78 is 4.93. The van der Waals surface area contributed by atoms with E-state index in [0.29, 0.717) is 4.74 Å². The fraction of sp³-hybridized carbons (Fsp3) is 0.0667. The first-order valence-corrected chi connectivity index (χ1v) is 6.27. The zero-order valence-electron chi connectivity index (χ0n) is 11.6. The van der Waals surface area contributed by atoms with Gasteiger partial charge in [0.25, 0.3) is 5.69 Å². The molecule has 2 aromatic rings. The third-order valence-corrected chi connectivity index (χ3v) is 2.93. The number of carbonyl (C=O) groups excluding carboxylic acids is 1. The molecule has 0 fully saturated rings. The average Bonchev–Trinajstić information content (AvgIpc) is 2.55. The maximum absolute atomic E-state index is 12.5. The topological polar surface area (TPSA) is 95.5 Å². The summed E-state index contributed by atoms with van der Waals surface area (Å²) in [5.74, 6) is -0.951.